The maximum atomic E-state index is 11.8. The predicted molar refractivity (Wildman–Crippen MR) is 229 cm³/mol. The topological polar surface area (TPSA) is 212 Å². The molecule has 0 amide bonds. The van der Waals surface area contributed by atoms with Crippen molar-refractivity contribution >= 4 is 58.6 Å². The summed E-state index contributed by atoms with van der Waals surface area (Å²) in [5.41, 5.74) is 9.13. The van der Waals surface area contributed by atoms with Crippen LogP contribution < -0.4 is 21.4 Å². The minimum Gasteiger partial charge on any atom is -0.478 e. The van der Waals surface area contributed by atoms with Crippen molar-refractivity contribution in [3.8, 4) is 0 Å². The highest BCUT2D eigenvalue weighted by molar-refractivity contribution is 5.92. The third kappa shape index (κ3) is 7.35. The Labute approximate surface area is 351 Å². The zero-order chi connectivity index (χ0) is 41.7. The van der Waals surface area contributed by atoms with Gasteiger partial charge in [-0.2, -0.15) is 0 Å². The Morgan fingerprint density at radius 1 is 0.279 bits per heavy atom. The molecule has 9 rings (SSSR count). The Hall–Kier alpha value is -8.35. The molecule has 4 aromatic heterocycles. The number of rotatable bonds is 8. The molecule has 12 nitrogen and oxygen atoms in total. The number of benzene rings is 4. The van der Waals surface area contributed by atoms with E-state index >= 15 is 0 Å². The second kappa shape index (κ2) is 15.8. The number of aromatic nitrogens is 4. The van der Waals surface area contributed by atoms with Gasteiger partial charge in [-0.3, -0.25) is 0 Å². The van der Waals surface area contributed by atoms with E-state index in [0.29, 0.717) is 44.2 Å². The van der Waals surface area contributed by atoms with E-state index in [1.165, 1.54) is 0 Å². The van der Waals surface area contributed by atoms with Crippen molar-refractivity contribution in [2.24, 2.45) is 0 Å². The lowest BCUT2D eigenvalue weighted by molar-refractivity contribution is 0.0686. The number of hydrogen-bond acceptors (Lipinski definition) is 4. The number of hydrogen-bond donors (Lipinski definition) is 8. The summed E-state index contributed by atoms with van der Waals surface area (Å²) in [5.74, 6) is -4.21. The van der Waals surface area contributed by atoms with Gasteiger partial charge in [0.25, 0.3) is 0 Å². The predicted octanol–water partition coefficient (Wildman–Crippen LogP) is 5.52. The Bertz CT molecular complexity index is 2860. The summed E-state index contributed by atoms with van der Waals surface area (Å²) in [6.07, 6.45) is 0. The summed E-state index contributed by atoms with van der Waals surface area (Å²) in [6, 6.07) is 41.8. The molecule has 0 aliphatic carbocycles. The van der Waals surface area contributed by atoms with Gasteiger partial charge in [0.1, 0.15) is 0 Å². The van der Waals surface area contributed by atoms with E-state index in [2.05, 4.69) is 19.9 Å². The van der Waals surface area contributed by atoms with E-state index in [-0.39, 0.29) is 34.7 Å². The van der Waals surface area contributed by atoms with Crippen LogP contribution in [0.25, 0.3) is 22.3 Å². The second-order valence-electron chi connectivity index (χ2n) is 14.2. The molecule has 8 bridgehead atoms. The van der Waals surface area contributed by atoms with Crippen LogP contribution in [0.4, 0.5) is 0 Å². The summed E-state index contributed by atoms with van der Waals surface area (Å²) in [6.45, 7) is 0. The van der Waals surface area contributed by atoms with Crippen LogP contribution in [-0.2, 0) is 0 Å². The molecule has 1 aliphatic rings. The largest absolute Gasteiger partial charge is 0.478 e. The minimum absolute atomic E-state index is 0. The van der Waals surface area contributed by atoms with Crippen molar-refractivity contribution in [2.45, 2.75) is 0 Å². The lowest BCUT2D eigenvalue weighted by atomic mass is 10.0. The highest BCUT2D eigenvalue weighted by Crippen LogP contribution is 2.28. The van der Waals surface area contributed by atoms with E-state index in [9.17, 15) is 39.6 Å². The first-order valence-corrected chi connectivity index (χ1v) is 18.6. The third-order valence-electron chi connectivity index (χ3n) is 10.6. The fraction of sp³-hybridized carbons (Fsp3) is 0. The quantitative estimate of drug-likeness (QED) is 0.0976. The normalized spacial score (nSPS) is 12.2. The first kappa shape index (κ1) is 39.5. The first-order chi connectivity index (χ1) is 29.0. The van der Waals surface area contributed by atoms with Crippen LogP contribution in [-0.4, -0.2) is 64.2 Å². The van der Waals surface area contributed by atoms with Crippen molar-refractivity contribution in [1.82, 2.24) is 19.9 Å². The van der Waals surface area contributed by atoms with Gasteiger partial charge in [-0.15, -0.1) is 12.4 Å². The second-order valence-corrected chi connectivity index (χ2v) is 14.2. The van der Waals surface area contributed by atoms with Gasteiger partial charge in [-0.1, -0.05) is 48.5 Å². The van der Waals surface area contributed by atoms with Gasteiger partial charge in [0.2, 0.25) is 0 Å². The molecule has 1 aliphatic heterocycles. The standard InChI is InChI=1S/C48H32N4O8.ClH/c53-45(54)29-9-1-25(2-10-29)41-33-17-19-35(49-33)42(26-3-11-30(12-4-26)46(55)56)37-21-23-39(51-37)44(28-7-15-32(16-8-28)48(59)60)40-24-22-38(52-40)43(36-20-18-34(41)50-36)27-5-13-31(14-6-27)47(57)58;/h1-24,49-52H,(H,53,54)(H,55,56)(H,57,58)(H,59,60);1H. The molecule has 0 atom stereocenters. The zero-order valence-corrected chi connectivity index (χ0v) is 32.5. The zero-order valence-electron chi connectivity index (χ0n) is 31.7. The van der Waals surface area contributed by atoms with Gasteiger partial charge >= 0.3 is 23.9 Å². The van der Waals surface area contributed by atoms with E-state index in [1.54, 1.807) is 97.1 Å². The fourth-order valence-electron chi connectivity index (χ4n) is 7.69. The van der Waals surface area contributed by atoms with Crippen LogP contribution in [0.1, 0.15) is 86.5 Å². The monoisotopic (exact) mass is 828 g/mol. The maximum absolute atomic E-state index is 11.8. The highest BCUT2D eigenvalue weighted by Gasteiger charge is 2.20. The average molecular weight is 829 g/mol. The Morgan fingerprint density at radius 3 is 0.656 bits per heavy atom. The smallest absolute Gasteiger partial charge is 0.335 e. The number of H-pyrrole nitrogens is 4. The molecule has 5 heterocycles. The van der Waals surface area contributed by atoms with Crippen LogP contribution >= 0.6 is 12.4 Å². The van der Waals surface area contributed by atoms with Crippen molar-refractivity contribution < 1.29 is 39.6 Å². The van der Waals surface area contributed by atoms with Crippen LogP contribution in [0.3, 0.4) is 0 Å². The fourth-order valence-corrected chi connectivity index (χ4v) is 7.69. The number of carboxylic acids is 4. The van der Waals surface area contributed by atoms with Gasteiger partial charge in [-0.05, 0) is 119 Å². The van der Waals surface area contributed by atoms with E-state index in [1.807, 2.05) is 48.5 Å². The number of fused-ring (bicyclic) bond motifs is 8. The average Bonchev–Trinajstić information content (AvgIpc) is 4.10. The summed E-state index contributed by atoms with van der Waals surface area (Å²) in [7, 11) is 0. The summed E-state index contributed by atoms with van der Waals surface area (Å²) < 4.78 is 0. The van der Waals surface area contributed by atoms with Crippen LogP contribution in [0.15, 0.2) is 146 Å². The van der Waals surface area contributed by atoms with E-state index < -0.39 is 23.9 Å². The van der Waals surface area contributed by atoms with Gasteiger partial charge in [0.05, 0.1) is 22.3 Å². The van der Waals surface area contributed by atoms with E-state index in [0.717, 1.165) is 44.5 Å². The number of aromatic carboxylic acids is 4. The molecule has 8 aromatic rings. The maximum Gasteiger partial charge on any atom is 0.335 e. The Balaban J connectivity index is 0.00000514. The van der Waals surface area contributed by atoms with Crippen LogP contribution in [0, 0.1) is 0 Å². The van der Waals surface area contributed by atoms with Crippen LogP contribution in [0.2, 0.25) is 0 Å². The Kier molecular flexibility index (Phi) is 10.2. The number of carbonyl (C=O) groups is 4. The molecule has 0 unspecified atom stereocenters. The third-order valence-corrected chi connectivity index (χ3v) is 10.6. The number of halogens is 1. The minimum atomic E-state index is -1.05. The SMILES string of the molecule is Cl.O=C(O)c1ccc(C2=c3ccc([nH]3)=C(c3ccc(C(=O)O)cc3)c3ccc([nH]3)C(c3ccc(C(=O)O)cc3)=c3ccc([nH]3)=C(c3ccc(C(=O)O)cc3)c3ccc2[nH]3)cc1. The van der Waals surface area contributed by atoms with Gasteiger partial charge in [0.15, 0.2) is 0 Å². The summed E-state index contributed by atoms with van der Waals surface area (Å²) in [5, 5.41) is 41.5. The molecule has 0 saturated heterocycles. The molecular formula is C48H33ClN4O8. The number of nitrogens with one attached hydrogen (secondary N) is 4. The molecule has 8 N–H and O–H groups in total. The van der Waals surface area contributed by atoms with Crippen LogP contribution in [0.5, 0.6) is 0 Å². The van der Waals surface area contributed by atoms with Gasteiger partial charge < -0.3 is 40.4 Å². The van der Waals surface area contributed by atoms with Gasteiger partial charge in [0, 0.05) is 66.5 Å². The first-order valence-electron chi connectivity index (χ1n) is 18.6. The van der Waals surface area contributed by atoms with Crippen molar-refractivity contribution in [3.05, 3.63) is 234 Å². The molecule has 61 heavy (non-hydrogen) atoms. The van der Waals surface area contributed by atoms with Crippen molar-refractivity contribution in [1.29, 1.82) is 0 Å². The molecule has 300 valence electrons. The van der Waals surface area contributed by atoms with Crippen molar-refractivity contribution in [2.75, 3.05) is 0 Å². The lowest BCUT2D eigenvalue weighted by Gasteiger charge is -2.10. The van der Waals surface area contributed by atoms with E-state index in [4.69, 9.17) is 0 Å². The number of carboxylic acid groups (broad SMARTS) is 4. The molecule has 0 saturated carbocycles. The molecule has 0 radical (unpaired) electrons. The van der Waals surface area contributed by atoms with Gasteiger partial charge in [-0.25, -0.2) is 19.2 Å². The number of aromatic amines is 4. The molecule has 0 fully saturated rings. The van der Waals surface area contributed by atoms with Crippen molar-refractivity contribution in [3.63, 3.8) is 0 Å². The highest BCUT2D eigenvalue weighted by atomic mass is 35.5. The molecule has 0 spiro atoms. The summed E-state index contributed by atoms with van der Waals surface area (Å²) in [4.78, 5) is 61.8. The molecule has 13 heteroatoms. The summed E-state index contributed by atoms with van der Waals surface area (Å²) >= 11 is 0. The molecular weight excluding hydrogens is 796 g/mol. The Morgan fingerprint density at radius 2 is 0.475 bits per heavy atom. The lowest BCUT2D eigenvalue weighted by Crippen LogP contribution is -2.19. The molecule has 4 aromatic carbocycles.